The van der Waals surface area contributed by atoms with Gasteiger partial charge in [0.2, 0.25) is 0 Å². The molecule has 0 aliphatic rings. The summed E-state index contributed by atoms with van der Waals surface area (Å²) in [7, 11) is 0. The van der Waals surface area contributed by atoms with E-state index in [2.05, 4.69) is 4.98 Å². The molecule has 3 nitrogen and oxygen atoms in total. The van der Waals surface area contributed by atoms with Crippen LogP contribution >= 0.6 is 11.6 Å². The van der Waals surface area contributed by atoms with Crippen LogP contribution < -0.4 is 12.4 Å². The van der Waals surface area contributed by atoms with Crippen molar-refractivity contribution in [1.82, 2.24) is 4.98 Å². The van der Waals surface area contributed by atoms with Crippen LogP contribution in [0.25, 0.3) is 0 Å². The molecule has 0 N–H and O–H groups in total. The SMILES string of the molecule is CCOC(=O)c1cncc(CCl)c1.[Cl-]. The molecular formula is C9H10Cl2NO2-. The van der Waals surface area contributed by atoms with Crippen molar-refractivity contribution in [2.24, 2.45) is 0 Å². The van der Waals surface area contributed by atoms with Crippen molar-refractivity contribution in [3.05, 3.63) is 29.6 Å². The smallest absolute Gasteiger partial charge is 0.339 e. The van der Waals surface area contributed by atoms with Gasteiger partial charge in [-0.2, -0.15) is 0 Å². The molecule has 1 heterocycles. The highest BCUT2D eigenvalue weighted by molar-refractivity contribution is 6.17. The molecule has 0 saturated carbocycles. The van der Waals surface area contributed by atoms with E-state index >= 15 is 0 Å². The van der Waals surface area contributed by atoms with Crippen LogP contribution in [0.5, 0.6) is 0 Å². The number of pyridine rings is 1. The number of halogens is 2. The summed E-state index contributed by atoms with van der Waals surface area (Å²) in [4.78, 5) is 15.1. The Morgan fingerprint density at radius 3 is 2.86 bits per heavy atom. The van der Waals surface area contributed by atoms with Gasteiger partial charge in [0.25, 0.3) is 0 Å². The second kappa shape index (κ2) is 6.62. The lowest BCUT2D eigenvalue weighted by atomic mass is 10.2. The van der Waals surface area contributed by atoms with Gasteiger partial charge in [-0.05, 0) is 18.6 Å². The van der Waals surface area contributed by atoms with Gasteiger partial charge in [-0.25, -0.2) is 4.79 Å². The van der Waals surface area contributed by atoms with Gasteiger partial charge >= 0.3 is 5.97 Å². The summed E-state index contributed by atoms with van der Waals surface area (Å²) < 4.78 is 4.81. The van der Waals surface area contributed by atoms with Crippen molar-refractivity contribution in [3.63, 3.8) is 0 Å². The minimum Gasteiger partial charge on any atom is -1.00 e. The first-order valence-electron chi connectivity index (χ1n) is 3.95. The topological polar surface area (TPSA) is 39.2 Å². The van der Waals surface area contributed by atoms with E-state index in [1.807, 2.05) is 0 Å². The van der Waals surface area contributed by atoms with Gasteiger partial charge in [0.05, 0.1) is 12.2 Å². The summed E-state index contributed by atoms with van der Waals surface area (Å²) in [5.74, 6) is -0.0118. The average Bonchev–Trinajstić information content (AvgIpc) is 2.18. The van der Waals surface area contributed by atoms with Crippen LogP contribution in [-0.2, 0) is 10.6 Å². The number of carbonyl (C=O) groups excluding carboxylic acids is 1. The molecule has 78 valence electrons. The summed E-state index contributed by atoms with van der Waals surface area (Å²) in [6.07, 6.45) is 3.09. The first-order chi connectivity index (χ1) is 6.27. The molecule has 0 bridgehead atoms. The summed E-state index contributed by atoms with van der Waals surface area (Å²) in [5, 5.41) is 0. The molecule has 0 aliphatic heterocycles. The van der Waals surface area contributed by atoms with E-state index in [1.54, 1.807) is 19.2 Å². The minimum atomic E-state index is -0.359. The summed E-state index contributed by atoms with van der Waals surface area (Å²) >= 11 is 5.59. The van der Waals surface area contributed by atoms with Crippen LogP contribution in [0.3, 0.4) is 0 Å². The quantitative estimate of drug-likeness (QED) is 0.498. The second-order valence-electron chi connectivity index (χ2n) is 2.44. The number of hydrogen-bond acceptors (Lipinski definition) is 3. The number of ether oxygens (including phenoxy) is 1. The first kappa shape index (κ1) is 13.2. The molecule has 1 aromatic rings. The van der Waals surface area contributed by atoms with Crippen LogP contribution in [0.4, 0.5) is 0 Å². The first-order valence-corrected chi connectivity index (χ1v) is 4.48. The highest BCUT2D eigenvalue weighted by Crippen LogP contribution is 2.06. The Hall–Kier alpha value is -0.800. The van der Waals surface area contributed by atoms with Crippen molar-refractivity contribution >= 4 is 17.6 Å². The van der Waals surface area contributed by atoms with Gasteiger partial charge in [-0.3, -0.25) is 4.98 Å². The average molecular weight is 235 g/mol. The van der Waals surface area contributed by atoms with Crippen molar-refractivity contribution in [2.45, 2.75) is 12.8 Å². The van der Waals surface area contributed by atoms with E-state index in [0.717, 1.165) is 5.56 Å². The van der Waals surface area contributed by atoms with E-state index in [4.69, 9.17) is 16.3 Å². The van der Waals surface area contributed by atoms with Crippen LogP contribution in [0.1, 0.15) is 22.8 Å². The highest BCUT2D eigenvalue weighted by atomic mass is 35.5. The highest BCUT2D eigenvalue weighted by Gasteiger charge is 2.06. The largest absolute Gasteiger partial charge is 1.00 e. The third kappa shape index (κ3) is 3.52. The Balaban J connectivity index is 0.00000169. The Morgan fingerprint density at radius 2 is 2.29 bits per heavy atom. The lowest BCUT2D eigenvalue weighted by molar-refractivity contribution is -0.0000208. The molecule has 0 saturated heterocycles. The predicted molar refractivity (Wildman–Crippen MR) is 49.8 cm³/mol. The van der Waals surface area contributed by atoms with Gasteiger partial charge < -0.3 is 17.1 Å². The number of nitrogens with zero attached hydrogens (tertiary/aromatic N) is 1. The number of carbonyl (C=O) groups is 1. The van der Waals surface area contributed by atoms with E-state index in [-0.39, 0.29) is 18.4 Å². The van der Waals surface area contributed by atoms with E-state index in [1.165, 1.54) is 6.20 Å². The number of rotatable bonds is 3. The van der Waals surface area contributed by atoms with Crippen molar-refractivity contribution in [1.29, 1.82) is 0 Å². The fourth-order valence-corrected chi connectivity index (χ4v) is 1.03. The zero-order valence-corrected chi connectivity index (χ0v) is 9.18. The predicted octanol–water partition coefficient (Wildman–Crippen LogP) is -0.999. The van der Waals surface area contributed by atoms with Gasteiger partial charge in [-0.1, -0.05) is 0 Å². The van der Waals surface area contributed by atoms with E-state index in [9.17, 15) is 4.79 Å². The molecule has 0 aromatic carbocycles. The zero-order chi connectivity index (χ0) is 9.68. The minimum absolute atomic E-state index is 0. The van der Waals surface area contributed by atoms with Crippen molar-refractivity contribution < 1.29 is 21.9 Å². The van der Waals surface area contributed by atoms with Crippen LogP contribution in [0.2, 0.25) is 0 Å². The number of aromatic nitrogens is 1. The van der Waals surface area contributed by atoms with E-state index < -0.39 is 0 Å². The van der Waals surface area contributed by atoms with Gasteiger partial charge in [-0.15, -0.1) is 11.6 Å². The van der Waals surface area contributed by atoms with Crippen molar-refractivity contribution in [2.75, 3.05) is 6.61 Å². The molecule has 14 heavy (non-hydrogen) atoms. The second-order valence-corrected chi connectivity index (χ2v) is 2.70. The molecule has 1 rings (SSSR count). The Labute approximate surface area is 93.8 Å². The Bertz CT molecular complexity index is 305. The molecule has 0 fully saturated rings. The number of hydrogen-bond donors (Lipinski definition) is 0. The molecule has 0 spiro atoms. The maximum absolute atomic E-state index is 11.2. The lowest BCUT2D eigenvalue weighted by Crippen LogP contribution is -3.00. The van der Waals surface area contributed by atoms with Gasteiger partial charge in [0.1, 0.15) is 0 Å². The molecular weight excluding hydrogens is 225 g/mol. The van der Waals surface area contributed by atoms with Crippen molar-refractivity contribution in [3.8, 4) is 0 Å². The van der Waals surface area contributed by atoms with Crippen LogP contribution in [-0.4, -0.2) is 17.6 Å². The van der Waals surface area contributed by atoms with Gasteiger partial charge in [0, 0.05) is 18.3 Å². The Kier molecular flexibility index (Phi) is 6.25. The Morgan fingerprint density at radius 1 is 1.57 bits per heavy atom. The number of alkyl halides is 1. The maximum Gasteiger partial charge on any atom is 0.339 e. The zero-order valence-electron chi connectivity index (χ0n) is 7.67. The summed E-state index contributed by atoms with van der Waals surface area (Å²) in [5.41, 5.74) is 1.26. The third-order valence-corrected chi connectivity index (χ3v) is 1.77. The van der Waals surface area contributed by atoms with Gasteiger partial charge in [0.15, 0.2) is 0 Å². The lowest BCUT2D eigenvalue weighted by Gasteiger charge is -2.01. The normalized spacial score (nSPS) is 9.00. The monoisotopic (exact) mass is 234 g/mol. The summed E-state index contributed by atoms with van der Waals surface area (Å²) in [6, 6.07) is 1.68. The van der Waals surface area contributed by atoms with E-state index in [0.29, 0.717) is 18.1 Å². The maximum atomic E-state index is 11.2. The fourth-order valence-electron chi connectivity index (χ4n) is 0.887. The standard InChI is InChI=1S/C9H10ClNO2.ClH/c1-2-13-9(12)8-3-7(4-10)5-11-6-8;/h3,5-6H,2,4H2,1H3;1H/p-1. The molecule has 0 unspecified atom stereocenters. The molecule has 0 atom stereocenters. The molecule has 5 heteroatoms. The fraction of sp³-hybridized carbons (Fsp3) is 0.333. The molecule has 0 radical (unpaired) electrons. The number of esters is 1. The summed E-state index contributed by atoms with van der Waals surface area (Å²) in [6.45, 7) is 2.13. The van der Waals surface area contributed by atoms with Crippen LogP contribution in [0, 0.1) is 0 Å². The van der Waals surface area contributed by atoms with Crippen LogP contribution in [0.15, 0.2) is 18.5 Å². The molecule has 0 amide bonds. The molecule has 0 aliphatic carbocycles. The third-order valence-electron chi connectivity index (χ3n) is 1.46. The molecule has 1 aromatic heterocycles.